The summed E-state index contributed by atoms with van der Waals surface area (Å²) in [5.41, 5.74) is 2.02. The highest BCUT2D eigenvalue weighted by Gasteiger charge is 2.33. The summed E-state index contributed by atoms with van der Waals surface area (Å²) < 4.78 is 26.5. The van der Waals surface area contributed by atoms with Crippen LogP contribution in [0.1, 0.15) is 25.0 Å². The van der Waals surface area contributed by atoms with Crippen LogP contribution in [0.25, 0.3) is 0 Å². The molecule has 2 amide bonds. The number of carbonyl (C=O) groups is 2. The predicted octanol–water partition coefficient (Wildman–Crippen LogP) is 4.52. The number of nitrogens with one attached hydrogen (secondary N) is 1. The summed E-state index contributed by atoms with van der Waals surface area (Å²) in [6.45, 7) is 4.10. The van der Waals surface area contributed by atoms with Crippen molar-refractivity contribution in [2.75, 3.05) is 23.7 Å². The van der Waals surface area contributed by atoms with E-state index < -0.39 is 28.5 Å². The number of para-hydroxylation sites is 1. The van der Waals surface area contributed by atoms with E-state index in [1.165, 1.54) is 4.90 Å². The van der Waals surface area contributed by atoms with E-state index >= 15 is 0 Å². The zero-order valence-electron chi connectivity index (χ0n) is 21.9. The van der Waals surface area contributed by atoms with Gasteiger partial charge in [-0.2, -0.15) is 0 Å². The van der Waals surface area contributed by atoms with Crippen LogP contribution in [0.15, 0.2) is 84.9 Å². The second-order valence-corrected chi connectivity index (χ2v) is 11.9. The summed E-state index contributed by atoms with van der Waals surface area (Å²) in [5.74, 6) is -0.569. The lowest BCUT2D eigenvalue weighted by Gasteiger charge is -2.33. The van der Waals surface area contributed by atoms with E-state index in [9.17, 15) is 18.0 Å². The van der Waals surface area contributed by atoms with Gasteiger partial charge in [0.15, 0.2) is 0 Å². The van der Waals surface area contributed by atoms with Crippen molar-refractivity contribution in [1.29, 1.82) is 0 Å². The number of carbonyl (C=O) groups excluding carboxylic acids is 2. The van der Waals surface area contributed by atoms with E-state index in [0.29, 0.717) is 17.3 Å². The highest BCUT2D eigenvalue weighted by Crippen LogP contribution is 2.20. The van der Waals surface area contributed by atoms with Gasteiger partial charge in [0.1, 0.15) is 12.6 Å². The fourth-order valence-corrected chi connectivity index (χ4v) is 4.95. The van der Waals surface area contributed by atoms with Crippen LogP contribution in [0.5, 0.6) is 0 Å². The van der Waals surface area contributed by atoms with Gasteiger partial charge in [-0.3, -0.25) is 13.9 Å². The quantitative estimate of drug-likeness (QED) is 0.356. The summed E-state index contributed by atoms with van der Waals surface area (Å²) in [7, 11) is -3.78. The lowest BCUT2D eigenvalue weighted by Crippen LogP contribution is -2.53. The Hall–Kier alpha value is -3.36. The molecule has 0 aliphatic carbocycles. The van der Waals surface area contributed by atoms with Crippen LogP contribution in [0.3, 0.4) is 0 Å². The molecule has 0 radical (unpaired) electrons. The molecule has 0 heterocycles. The van der Waals surface area contributed by atoms with Gasteiger partial charge in [-0.05, 0) is 41.3 Å². The summed E-state index contributed by atoms with van der Waals surface area (Å²) >= 11 is 6.07. The maximum Gasteiger partial charge on any atom is 0.244 e. The average molecular weight is 556 g/mol. The molecule has 0 aliphatic rings. The van der Waals surface area contributed by atoms with Gasteiger partial charge in [0.05, 0.1) is 11.9 Å². The SMILES string of the molecule is CC(C)CNC(=O)[C@H](Cc1ccccc1)N(Cc1ccc(Cl)cc1)C(=O)CN(c1ccccc1)S(C)(=O)=O. The molecule has 7 nitrogen and oxygen atoms in total. The first kappa shape index (κ1) is 29.2. The molecule has 202 valence electrons. The van der Waals surface area contributed by atoms with Crippen molar-refractivity contribution in [3.8, 4) is 0 Å². The van der Waals surface area contributed by atoms with Crippen molar-refractivity contribution in [3.63, 3.8) is 0 Å². The van der Waals surface area contributed by atoms with E-state index in [2.05, 4.69) is 5.32 Å². The smallest absolute Gasteiger partial charge is 0.244 e. The molecule has 0 spiro atoms. The Morgan fingerprint density at radius 2 is 1.45 bits per heavy atom. The summed E-state index contributed by atoms with van der Waals surface area (Å²) in [6, 6.07) is 24.1. The Morgan fingerprint density at radius 1 is 0.868 bits per heavy atom. The van der Waals surface area contributed by atoms with Crippen LogP contribution in [0, 0.1) is 5.92 Å². The monoisotopic (exact) mass is 555 g/mol. The van der Waals surface area contributed by atoms with Crippen molar-refractivity contribution < 1.29 is 18.0 Å². The number of anilines is 1. The lowest BCUT2D eigenvalue weighted by molar-refractivity contribution is -0.140. The lowest BCUT2D eigenvalue weighted by atomic mass is 10.0. The molecule has 0 saturated carbocycles. The van der Waals surface area contributed by atoms with Gasteiger partial charge in [0.25, 0.3) is 0 Å². The molecule has 0 fully saturated rings. The largest absolute Gasteiger partial charge is 0.354 e. The average Bonchev–Trinajstić information content (AvgIpc) is 2.89. The number of amides is 2. The van der Waals surface area contributed by atoms with Crippen LogP contribution >= 0.6 is 11.6 Å². The number of hydrogen-bond acceptors (Lipinski definition) is 4. The maximum absolute atomic E-state index is 13.9. The highest BCUT2D eigenvalue weighted by molar-refractivity contribution is 7.92. The number of hydrogen-bond donors (Lipinski definition) is 1. The fraction of sp³-hybridized carbons (Fsp3) is 0.310. The number of nitrogens with zero attached hydrogens (tertiary/aromatic N) is 2. The number of benzene rings is 3. The molecule has 0 aromatic heterocycles. The third-order valence-corrected chi connectivity index (χ3v) is 7.34. The molecule has 1 atom stereocenters. The molecule has 9 heteroatoms. The van der Waals surface area contributed by atoms with Gasteiger partial charge in [0, 0.05) is 24.5 Å². The molecule has 0 saturated heterocycles. The van der Waals surface area contributed by atoms with E-state index in [1.807, 2.05) is 44.2 Å². The van der Waals surface area contributed by atoms with Crippen molar-refractivity contribution in [1.82, 2.24) is 10.2 Å². The molecule has 0 unspecified atom stereocenters. The maximum atomic E-state index is 13.9. The minimum atomic E-state index is -3.78. The molecule has 3 aromatic carbocycles. The van der Waals surface area contributed by atoms with Crippen molar-refractivity contribution in [2.24, 2.45) is 5.92 Å². The fourth-order valence-electron chi connectivity index (χ4n) is 3.97. The van der Waals surface area contributed by atoms with Crippen LogP contribution in [0.4, 0.5) is 5.69 Å². The summed E-state index contributed by atoms with van der Waals surface area (Å²) in [6.07, 6.45) is 1.34. The van der Waals surface area contributed by atoms with Gasteiger partial charge in [-0.25, -0.2) is 8.42 Å². The first-order chi connectivity index (χ1) is 18.0. The number of halogens is 1. The molecule has 38 heavy (non-hydrogen) atoms. The first-order valence-corrected chi connectivity index (χ1v) is 14.7. The molecule has 3 rings (SSSR count). The van der Waals surface area contributed by atoms with Crippen LogP contribution in [0.2, 0.25) is 5.02 Å². The normalized spacial score (nSPS) is 12.1. The Bertz CT molecular complexity index is 1300. The minimum Gasteiger partial charge on any atom is -0.354 e. The van der Waals surface area contributed by atoms with Crippen LogP contribution in [-0.4, -0.2) is 50.5 Å². The number of sulfonamides is 1. The third-order valence-electron chi connectivity index (χ3n) is 5.95. The number of rotatable bonds is 12. The zero-order chi connectivity index (χ0) is 27.7. The molecular formula is C29H34ClN3O4S. The van der Waals surface area contributed by atoms with E-state index in [0.717, 1.165) is 21.7 Å². The molecule has 3 aromatic rings. The topological polar surface area (TPSA) is 86.8 Å². The van der Waals surface area contributed by atoms with E-state index in [-0.39, 0.29) is 24.8 Å². The third kappa shape index (κ3) is 8.60. The highest BCUT2D eigenvalue weighted by atomic mass is 35.5. The van der Waals surface area contributed by atoms with Crippen LogP contribution < -0.4 is 9.62 Å². The molecular weight excluding hydrogens is 522 g/mol. The Balaban J connectivity index is 2.02. The second kappa shape index (κ2) is 13.4. The zero-order valence-corrected chi connectivity index (χ0v) is 23.5. The standard InChI is InChI=1S/C29H34ClN3O4S/c1-22(2)19-31-29(35)27(18-23-10-6-4-7-11-23)32(20-24-14-16-25(30)17-15-24)28(34)21-33(38(3,36)37)26-12-8-5-9-13-26/h4-17,22,27H,18-21H2,1-3H3,(H,31,35)/t27-/m0/s1. The Labute approximate surface area is 230 Å². The van der Waals surface area contributed by atoms with Crippen molar-refractivity contribution in [2.45, 2.75) is 32.9 Å². The Kier molecular flexibility index (Phi) is 10.3. The second-order valence-electron chi connectivity index (χ2n) is 9.60. The van der Waals surface area contributed by atoms with Crippen molar-refractivity contribution >= 4 is 39.1 Å². The van der Waals surface area contributed by atoms with Gasteiger partial charge < -0.3 is 10.2 Å². The van der Waals surface area contributed by atoms with E-state index in [1.54, 1.807) is 54.6 Å². The first-order valence-electron chi connectivity index (χ1n) is 12.4. The Morgan fingerprint density at radius 3 is 2.00 bits per heavy atom. The summed E-state index contributed by atoms with van der Waals surface area (Å²) in [4.78, 5) is 28.9. The van der Waals surface area contributed by atoms with Gasteiger partial charge >= 0.3 is 0 Å². The molecule has 1 N–H and O–H groups in total. The van der Waals surface area contributed by atoms with E-state index in [4.69, 9.17) is 11.6 Å². The van der Waals surface area contributed by atoms with Gasteiger partial charge in [-0.15, -0.1) is 0 Å². The van der Waals surface area contributed by atoms with Gasteiger partial charge in [-0.1, -0.05) is 86.1 Å². The van der Waals surface area contributed by atoms with Gasteiger partial charge in [0.2, 0.25) is 21.8 Å². The minimum absolute atomic E-state index is 0.106. The molecule has 0 aliphatic heterocycles. The molecule has 0 bridgehead atoms. The summed E-state index contributed by atoms with van der Waals surface area (Å²) in [5, 5.41) is 3.51. The predicted molar refractivity (Wildman–Crippen MR) is 152 cm³/mol. The van der Waals surface area contributed by atoms with Crippen LogP contribution in [-0.2, 0) is 32.6 Å². The van der Waals surface area contributed by atoms with Crippen molar-refractivity contribution in [3.05, 3.63) is 101 Å².